The van der Waals surface area contributed by atoms with Crippen molar-refractivity contribution in [1.29, 1.82) is 0 Å². The number of nitrogens with one attached hydrogen (secondary N) is 2. The number of hydrogen-bond donors (Lipinski definition) is 3. The summed E-state index contributed by atoms with van der Waals surface area (Å²) in [6, 6.07) is 14.4. The first kappa shape index (κ1) is 21.3. The largest absolute Gasteiger partial charge is 0.394 e. The maximum atomic E-state index is 12.9. The predicted octanol–water partition coefficient (Wildman–Crippen LogP) is 1.52. The number of piperazine rings is 1. The van der Waals surface area contributed by atoms with Gasteiger partial charge in [0.25, 0.3) is 11.6 Å². The number of hydrogen-bond acceptors (Lipinski definition) is 6. The maximum Gasteiger partial charge on any atom is 0.269 e. The summed E-state index contributed by atoms with van der Waals surface area (Å²) in [5.74, 6) is -0.807. The van der Waals surface area contributed by atoms with Gasteiger partial charge in [0.2, 0.25) is 5.91 Å². The number of nitro groups is 1. The highest BCUT2D eigenvalue weighted by Gasteiger charge is 2.29. The van der Waals surface area contributed by atoms with E-state index in [1.807, 2.05) is 29.2 Å². The van der Waals surface area contributed by atoms with Crippen LogP contribution in [0.3, 0.4) is 0 Å². The molecular formula is C22H23N5O5. The third kappa shape index (κ3) is 4.40. The molecule has 2 heterocycles. The molecule has 0 radical (unpaired) electrons. The highest BCUT2D eigenvalue weighted by Crippen LogP contribution is 2.21. The van der Waals surface area contributed by atoms with Crippen molar-refractivity contribution in [3.05, 3.63) is 70.4 Å². The fraction of sp³-hybridized carbons (Fsp3) is 0.273. The minimum Gasteiger partial charge on any atom is -0.394 e. The second kappa shape index (κ2) is 9.06. The highest BCUT2D eigenvalue weighted by atomic mass is 16.6. The molecule has 1 fully saturated rings. The lowest BCUT2D eigenvalue weighted by molar-refractivity contribution is -0.384. The number of aromatic amines is 1. The Morgan fingerprint density at radius 3 is 2.41 bits per heavy atom. The van der Waals surface area contributed by atoms with Crippen LogP contribution in [-0.2, 0) is 4.79 Å². The van der Waals surface area contributed by atoms with Crippen molar-refractivity contribution >= 4 is 34.1 Å². The zero-order valence-corrected chi connectivity index (χ0v) is 17.2. The monoisotopic (exact) mass is 437 g/mol. The van der Waals surface area contributed by atoms with E-state index >= 15 is 0 Å². The zero-order chi connectivity index (χ0) is 22.7. The van der Waals surface area contributed by atoms with Crippen LogP contribution < -0.4 is 10.2 Å². The number of H-pyrrole nitrogens is 1. The molecule has 32 heavy (non-hydrogen) atoms. The molecule has 166 valence electrons. The van der Waals surface area contributed by atoms with Crippen LogP contribution in [0.1, 0.15) is 10.5 Å². The molecule has 1 atom stereocenters. The number of aliphatic hydroxyl groups excluding tert-OH is 1. The second-order valence-corrected chi connectivity index (χ2v) is 7.56. The Hall–Kier alpha value is -3.92. The molecule has 0 saturated carbocycles. The first-order chi connectivity index (χ1) is 15.5. The molecule has 1 aromatic heterocycles. The Morgan fingerprint density at radius 1 is 1.09 bits per heavy atom. The molecule has 4 rings (SSSR count). The number of carbonyl (C=O) groups excluding carboxylic acids is 2. The molecule has 2 aromatic carbocycles. The number of fused-ring (bicyclic) bond motifs is 1. The number of non-ortho nitro benzene ring substituents is 1. The van der Waals surface area contributed by atoms with Crippen LogP contribution in [0.5, 0.6) is 0 Å². The lowest BCUT2D eigenvalue weighted by atomic mass is 10.2. The molecule has 2 amide bonds. The van der Waals surface area contributed by atoms with E-state index in [0.29, 0.717) is 31.9 Å². The van der Waals surface area contributed by atoms with Crippen LogP contribution >= 0.6 is 0 Å². The van der Waals surface area contributed by atoms with Crippen LogP contribution in [0, 0.1) is 10.1 Å². The number of aromatic nitrogens is 1. The van der Waals surface area contributed by atoms with E-state index in [4.69, 9.17) is 0 Å². The molecule has 0 spiro atoms. The minimum atomic E-state index is -1.04. The van der Waals surface area contributed by atoms with Crippen LogP contribution in [-0.4, -0.2) is 70.6 Å². The summed E-state index contributed by atoms with van der Waals surface area (Å²) in [5, 5.41) is 24.0. The number of nitro benzene ring substituents is 1. The second-order valence-electron chi connectivity index (χ2n) is 7.56. The third-order valence-corrected chi connectivity index (χ3v) is 5.58. The SMILES string of the molecule is O=C(N[C@@H](CO)C(=O)N1CCN(c2ccc([N+](=O)[O-])cc2)CC1)c1cc2ccccc2[nH]1. The first-order valence-electron chi connectivity index (χ1n) is 10.2. The average Bonchev–Trinajstić information content (AvgIpc) is 3.27. The summed E-state index contributed by atoms with van der Waals surface area (Å²) >= 11 is 0. The van der Waals surface area contributed by atoms with Gasteiger partial charge < -0.3 is 25.2 Å². The third-order valence-electron chi connectivity index (χ3n) is 5.58. The van der Waals surface area contributed by atoms with E-state index in [9.17, 15) is 24.8 Å². The van der Waals surface area contributed by atoms with Gasteiger partial charge in [-0.15, -0.1) is 0 Å². The fourth-order valence-electron chi connectivity index (χ4n) is 3.81. The maximum absolute atomic E-state index is 12.9. The number of benzene rings is 2. The number of amides is 2. The van der Waals surface area contributed by atoms with Gasteiger partial charge in [-0.2, -0.15) is 0 Å². The summed E-state index contributed by atoms with van der Waals surface area (Å²) in [7, 11) is 0. The number of para-hydroxylation sites is 1. The standard InChI is InChI=1S/C22H23N5O5/c28-14-20(24-21(29)19-13-15-3-1-2-4-18(15)23-19)22(30)26-11-9-25(10-12-26)16-5-7-17(8-6-16)27(31)32/h1-8,13,20,23,28H,9-12,14H2,(H,24,29)/t20-/m0/s1. The summed E-state index contributed by atoms with van der Waals surface area (Å²) in [4.78, 5) is 42.5. The van der Waals surface area contributed by atoms with E-state index in [1.54, 1.807) is 23.1 Å². The van der Waals surface area contributed by atoms with E-state index in [1.165, 1.54) is 12.1 Å². The van der Waals surface area contributed by atoms with Gasteiger partial charge in [-0.05, 0) is 24.3 Å². The smallest absolute Gasteiger partial charge is 0.269 e. The van der Waals surface area contributed by atoms with E-state index in [0.717, 1.165) is 16.6 Å². The van der Waals surface area contributed by atoms with Gasteiger partial charge in [-0.3, -0.25) is 19.7 Å². The number of anilines is 1. The van der Waals surface area contributed by atoms with Gasteiger partial charge >= 0.3 is 0 Å². The van der Waals surface area contributed by atoms with Crippen molar-refractivity contribution in [2.24, 2.45) is 0 Å². The molecule has 10 heteroatoms. The van der Waals surface area contributed by atoms with E-state index in [2.05, 4.69) is 10.3 Å². The molecule has 0 bridgehead atoms. The number of nitrogens with zero attached hydrogens (tertiary/aromatic N) is 3. The van der Waals surface area contributed by atoms with Crippen LogP contribution in [0.2, 0.25) is 0 Å². The van der Waals surface area contributed by atoms with Gasteiger partial charge in [-0.25, -0.2) is 0 Å². The number of aliphatic hydroxyl groups is 1. The van der Waals surface area contributed by atoms with Crippen molar-refractivity contribution in [1.82, 2.24) is 15.2 Å². The van der Waals surface area contributed by atoms with Crippen molar-refractivity contribution in [2.75, 3.05) is 37.7 Å². The Kier molecular flexibility index (Phi) is 6.04. The Labute approximate surface area is 183 Å². The predicted molar refractivity (Wildman–Crippen MR) is 119 cm³/mol. The lowest BCUT2D eigenvalue weighted by Crippen LogP contribution is -2.56. The van der Waals surface area contributed by atoms with Crippen LogP contribution in [0.15, 0.2) is 54.6 Å². The Morgan fingerprint density at radius 2 is 1.78 bits per heavy atom. The lowest BCUT2D eigenvalue weighted by Gasteiger charge is -2.37. The highest BCUT2D eigenvalue weighted by molar-refractivity contribution is 6.00. The molecule has 0 aliphatic carbocycles. The van der Waals surface area contributed by atoms with Crippen molar-refractivity contribution in [3.8, 4) is 0 Å². The first-order valence-corrected chi connectivity index (χ1v) is 10.2. The normalized spacial score (nSPS) is 14.9. The van der Waals surface area contributed by atoms with Gasteiger partial charge in [0, 0.05) is 54.9 Å². The Balaban J connectivity index is 1.35. The van der Waals surface area contributed by atoms with Gasteiger partial charge in [0.05, 0.1) is 11.5 Å². The van der Waals surface area contributed by atoms with Crippen molar-refractivity contribution < 1.29 is 19.6 Å². The molecular weight excluding hydrogens is 414 g/mol. The Bertz CT molecular complexity index is 1100. The minimum absolute atomic E-state index is 0.0269. The molecule has 1 aliphatic heterocycles. The number of carbonyl (C=O) groups is 2. The quantitative estimate of drug-likeness (QED) is 0.396. The fourth-order valence-corrected chi connectivity index (χ4v) is 3.81. The van der Waals surface area contributed by atoms with E-state index in [-0.39, 0.29) is 11.6 Å². The summed E-state index contributed by atoms with van der Waals surface area (Å²) in [6.07, 6.45) is 0. The number of rotatable bonds is 6. The van der Waals surface area contributed by atoms with Crippen LogP contribution in [0.4, 0.5) is 11.4 Å². The van der Waals surface area contributed by atoms with Crippen molar-refractivity contribution in [3.63, 3.8) is 0 Å². The molecule has 1 saturated heterocycles. The summed E-state index contributed by atoms with van der Waals surface area (Å²) in [6.45, 7) is 1.39. The molecule has 10 nitrogen and oxygen atoms in total. The van der Waals surface area contributed by atoms with Crippen LogP contribution in [0.25, 0.3) is 10.9 Å². The zero-order valence-electron chi connectivity index (χ0n) is 17.2. The molecule has 0 unspecified atom stereocenters. The van der Waals surface area contributed by atoms with Gasteiger partial charge in [0.15, 0.2) is 0 Å². The summed E-state index contributed by atoms with van der Waals surface area (Å²) < 4.78 is 0. The topological polar surface area (TPSA) is 132 Å². The van der Waals surface area contributed by atoms with Crippen molar-refractivity contribution in [2.45, 2.75) is 6.04 Å². The summed E-state index contributed by atoms with van der Waals surface area (Å²) in [5.41, 5.74) is 2.00. The molecule has 1 aliphatic rings. The molecule has 3 N–H and O–H groups in total. The van der Waals surface area contributed by atoms with Gasteiger partial charge in [-0.1, -0.05) is 18.2 Å². The van der Waals surface area contributed by atoms with Gasteiger partial charge in [0.1, 0.15) is 11.7 Å². The van der Waals surface area contributed by atoms with E-state index < -0.39 is 23.5 Å². The average molecular weight is 437 g/mol. The molecule has 3 aromatic rings.